The van der Waals surface area contributed by atoms with Gasteiger partial charge in [-0.1, -0.05) is 0 Å². The van der Waals surface area contributed by atoms with E-state index in [2.05, 4.69) is 23.6 Å². The van der Waals surface area contributed by atoms with E-state index in [1.807, 2.05) is 6.07 Å². The second-order valence-electron chi connectivity index (χ2n) is 5.11. The van der Waals surface area contributed by atoms with Gasteiger partial charge in [-0.05, 0) is 50.5 Å². The van der Waals surface area contributed by atoms with Crippen LogP contribution in [0.15, 0.2) is 12.1 Å². The van der Waals surface area contributed by atoms with Gasteiger partial charge in [-0.2, -0.15) is 0 Å². The first-order valence-corrected chi connectivity index (χ1v) is 6.87. The average Bonchev–Trinajstić information content (AvgIpc) is 2.93. The van der Waals surface area contributed by atoms with Crippen molar-refractivity contribution in [3.8, 4) is 11.5 Å². The highest BCUT2D eigenvalue weighted by molar-refractivity contribution is 5.46. The van der Waals surface area contributed by atoms with Crippen LogP contribution in [0.1, 0.15) is 17.5 Å². The molecule has 1 heterocycles. The van der Waals surface area contributed by atoms with E-state index in [9.17, 15) is 0 Å². The molecule has 1 aromatic carbocycles. The van der Waals surface area contributed by atoms with Crippen LogP contribution in [0, 0.1) is 12.8 Å². The lowest BCUT2D eigenvalue weighted by molar-refractivity contribution is 0.388. The van der Waals surface area contributed by atoms with Crippen molar-refractivity contribution in [3.05, 3.63) is 23.3 Å². The van der Waals surface area contributed by atoms with Crippen molar-refractivity contribution in [1.29, 1.82) is 0 Å². The molecular formula is C15H24N2O2. The van der Waals surface area contributed by atoms with Gasteiger partial charge in [-0.25, -0.2) is 0 Å². The van der Waals surface area contributed by atoms with Crippen LogP contribution in [-0.2, 0) is 6.54 Å². The van der Waals surface area contributed by atoms with Crippen molar-refractivity contribution in [2.45, 2.75) is 19.9 Å². The molecule has 0 radical (unpaired) electrons. The number of nitrogens with one attached hydrogen (secondary N) is 2. The van der Waals surface area contributed by atoms with Gasteiger partial charge < -0.3 is 20.1 Å². The van der Waals surface area contributed by atoms with Crippen molar-refractivity contribution in [2.24, 2.45) is 5.92 Å². The Kier molecular flexibility index (Phi) is 5.05. The molecule has 1 aliphatic heterocycles. The summed E-state index contributed by atoms with van der Waals surface area (Å²) in [7, 11) is 3.39. The van der Waals surface area contributed by atoms with Gasteiger partial charge in [0.15, 0.2) is 0 Å². The summed E-state index contributed by atoms with van der Waals surface area (Å²) in [5, 5.41) is 6.92. The maximum Gasteiger partial charge on any atom is 0.127 e. The third-order valence-corrected chi connectivity index (χ3v) is 3.76. The molecule has 0 spiro atoms. The van der Waals surface area contributed by atoms with Crippen LogP contribution in [-0.4, -0.2) is 33.9 Å². The SMILES string of the molecule is COc1cc(C)c(CNCC2CCNC2)c(OC)c1. The van der Waals surface area contributed by atoms with Crippen LogP contribution in [0.2, 0.25) is 0 Å². The number of hydrogen-bond acceptors (Lipinski definition) is 4. The van der Waals surface area contributed by atoms with Crippen molar-refractivity contribution in [2.75, 3.05) is 33.9 Å². The molecule has 0 aliphatic carbocycles. The fourth-order valence-corrected chi connectivity index (χ4v) is 2.57. The van der Waals surface area contributed by atoms with Crippen molar-refractivity contribution < 1.29 is 9.47 Å². The third kappa shape index (κ3) is 3.61. The second-order valence-corrected chi connectivity index (χ2v) is 5.11. The highest BCUT2D eigenvalue weighted by atomic mass is 16.5. The minimum absolute atomic E-state index is 0.754. The third-order valence-electron chi connectivity index (χ3n) is 3.76. The van der Waals surface area contributed by atoms with Gasteiger partial charge in [0, 0.05) is 18.2 Å². The Hall–Kier alpha value is -1.26. The van der Waals surface area contributed by atoms with Gasteiger partial charge in [0.25, 0.3) is 0 Å². The Morgan fingerprint density at radius 1 is 1.32 bits per heavy atom. The lowest BCUT2D eigenvalue weighted by Crippen LogP contribution is -2.24. The minimum Gasteiger partial charge on any atom is -0.497 e. The minimum atomic E-state index is 0.754. The number of benzene rings is 1. The van der Waals surface area contributed by atoms with Crippen LogP contribution in [0.5, 0.6) is 11.5 Å². The standard InChI is InChI=1S/C15H24N2O2/c1-11-6-13(18-2)7-15(19-3)14(11)10-17-9-12-4-5-16-8-12/h6-7,12,16-17H,4-5,8-10H2,1-3H3. The van der Waals surface area contributed by atoms with E-state index in [0.717, 1.165) is 43.6 Å². The van der Waals surface area contributed by atoms with Gasteiger partial charge in [0.1, 0.15) is 11.5 Å². The van der Waals surface area contributed by atoms with Gasteiger partial charge in [0.2, 0.25) is 0 Å². The molecule has 2 rings (SSSR count). The van der Waals surface area contributed by atoms with Crippen LogP contribution in [0.25, 0.3) is 0 Å². The van der Waals surface area contributed by atoms with Gasteiger partial charge >= 0.3 is 0 Å². The fraction of sp³-hybridized carbons (Fsp3) is 0.600. The van der Waals surface area contributed by atoms with E-state index in [1.165, 1.54) is 17.5 Å². The number of rotatable bonds is 6. The summed E-state index contributed by atoms with van der Waals surface area (Å²) < 4.78 is 10.7. The molecule has 0 bridgehead atoms. The number of methoxy groups -OCH3 is 2. The summed E-state index contributed by atoms with van der Waals surface area (Å²) in [5.74, 6) is 2.50. The predicted octanol–water partition coefficient (Wildman–Crippen LogP) is 1.71. The quantitative estimate of drug-likeness (QED) is 0.821. The molecule has 1 saturated heterocycles. The fourth-order valence-electron chi connectivity index (χ4n) is 2.57. The van der Waals surface area contributed by atoms with Crippen molar-refractivity contribution in [3.63, 3.8) is 0 Å². The number of ether oxygens (including phenoxy) is 2. The Bertz CT molecular complexity index is 415. The van der Waals surface area contributed by atoms with E-state index in [4.69, 9.17) is 9.47 Å². The molecule has 1 atom stereocenters. The first kappa shape index (κ1) is 14.2. The molecule has 19 heavy (non-hydrogen) atoms. The van der Waals surface area contributed by atoms with Gasteiger partial charge in [0.05, 0.1) is 14.2 Å². The molecule has 106 valence electrons. The first-order valence-electron chi connectivity index (χ1n) is 6.87. The van der Waals surface area contributed by atoms with Crippen LogP contribution in [0.3, 0.4) is 0 Å². The normalized spacial score (nSPS) is 18.6. The Labute approximate surface area is 115 Å². The van der Waals surface area contributed by atoms with E-state index < -0.39 is 0 Å². The zero-order valence-corrected chi connectivity index (χ0v) is 12.1. The lowest BCUT2D eigenvalue weighted by Gasteiger charge is -2.16. The molecular weight excluding hydrogens is 240 g/mol. The lowest BCUT2D eigenvalue weighted by atomic mass is 10.1. The number of aryl methyl sites for hydroxylation is 1. The molecule has 1 unspecified atom stereocenters. The van der Waals surface area contributed by atoms with Crippen molar-refractivity contribution in [1.82, 2.24) is 10.6 Å². The topological polar surface area (TPSA) is 42.5 Å². The van der Waals surface area contributed by atoms with E-state index in [-0.39, 0.29) is 0 Å². The van der Waals surface area contributed by atoms with Crippen LogP contribution >= 0.6 is 0 Å². The molecule has 1 aromatic rings. The largest absolute Gasteiger partial charge is 0.497 e. The monoisotopic (exact) mass is 264 g/mol. The van der Waals surface area contributed by atoms with E-state index >= 15 is 0 Å². The zero-order valence-electron chi connectivity index (χ0n) is 12.1. The highest BCUT2D eigenvalue weighted by Gasteiger charge is 2.14. The Morgan fingerprint density at radius 3 is 2.79 bits per heavy atom. The van der Waals surface area contributed by atoms with Crippen LogP contribution < -0.4 is 20.1 Å². The second kappa shape index (κ2) is 6.78. The number of hydrogen-bond donors (Lipinski definition) is 2. The van der Waals surface area contributed by atoms with Gasteiger partial charge in [-0.15, -0.1) is 0 Å². The molecule has 4 heteroatoms. The van der Waals surface area contributed by atoms with Crippen LogP contribution in [0.4, 0.5) is 0 Å². The Morgan fingerprint density at radius 2 is 2.16 bits per heavy atom. The Balaban J connectivity index is 1.98. The van der Waals surface area contributed by atoms with Crippen molar-refractivity contribution >= 4 is 0 Å². The average molecular weight is 264 g/mol. The molecule has 0 aromatic heterocycles. The predicted molar refractivity (Wildman–Crippen MR) is 77.0 cm³/mol. The molecule has 2 N–H and O–H groups in total. The highest BCUT2D eigenvalue weighted by Crippen LogP contribution is 2.28. The van der Waals surface area contributed by atoms with Gasteiger partial charge in [-0.3, -0.25) is 0 Å². The smallest absolute Gasteiger partial charge is 0.127 e. The molecule has 4 nitrogen and oxygen atoms in total. The molecule has 0 saturated carbocycles. The molecule has 1 aliphatic rings. The first-order chi connectivity index (χ1) is 9.24. The maximum absolute atomic E-state index is 5.46. The summed E-state index contributed by atoms with van der Waals surface area (Å²) in [6.45, 7) is 6.28. The maximum atomic E-state index is 5.46. The van der Waals surface area contributed by atoms with E-state index in [1.54, 1.807) is 14.2 Å². The summed E-state index contributed by atoms with van der Waals surface area (Å²) in [6, 6.07) is 4.00. The summed E-state index contributed by atoms with van der Waals surface area (Å²) in [6.07, 6.45) is 1.27. The molecule has 1 fully saturated rings. The summed E-state index contributed by atoms with van der Waals surface area (Å²) in [5.41, 5.74) is 2.42. The van der Waals surface area contributed by atoms with E-state index in [0.29, 0.717) is 0 Å². The summed E-state index contributed by atoms with van der Waals surface area (Å²) in [4.78, 5) is 0. The molecule has 0 amide bonds. The zero-order chi connectivity index (χ0) is 13.7. The summed E-state index contributed by atoms with van der Waals surface area (Å²) >= 11 is 0.